The quantitative estimate of drug-likeness (QED) is 0.477. The maximum Gasteiger partial charge on any atom is 0.291 e. The van der Waals surface area contributed by atoms with Crippen LogP contribution in [0.3, 0.4) is 0 Å². The number of hydrogen-bond donors (Lipinski definition) is 1. The van der Waals surface area contributed by atoms with Gasteiger partial charge in [-0.2, -0.15) is 4.31 Å². The highest BCUT2D eigenvalue weighted by Gasteiger charge is 2.22. The summed E-state index contributed by atoms with van der Waals surface area (Å²) in [7, 11) is -3.53. The third-order valence-corrected chi connectivity index (χ3v) is 7.67. The average molecular weight is 445 g/mol. The minimum atomic E-state index is -3.53. The number of nitrogens with zero attached hydrogens (tertiary/aromatic N) is 1. The van der Waals surface area contributed by atoms with Gasteiger partial charge < -0.3 is 9.73 Å². The fourth-order valence-electron chi connectivity index (χ4n) is 2.94. The minimum absolute atomic E-state index is 0.196. The molecule has 30 heavy (non-hydrogen) atoms. The fraction of sp³-hybridized carbons (Fsp3) is 0.227. The van der Waals surface area contributed by atoms with Gasteiger partial charge in [-0.25, -0.2) is 8.42 Å². The van der Waals surface area contributed by atoms with Crippen molar-refractivity contribution in [2.45, 2.75) is 29.4 Å². The zero-order valence-electron chi connectivity index (χ0n) is 16.9. The molecule has 1 heterocycles. The van der Waals surface area contributed by atoms with Crippen LogP contribution < -0.4 is 5.32 Å². The van der Waals surface area contributed by atoms with Gasteiger partial charge in [0, 0.05) is 35.0 Å². The zero-order chi connectivity index (χ0) is 21.6. The van der Waals surface area contributed by atoms with Crippen LogP contribution in [0.1, 0.15) is 30.0 Å². The van der Waals surface area contributed by atoms with Gasteiger partial charge in [0.05, 0.1) is 11.2 Å². The van der Waals surface area contributed by atoms with Crippen molar-refractivity contribution in [2.24, 2.45) is 0 Å². The van der Waals surface area contributed by atoms with Crippen molar-refractivity contribution in [1.82, 2.24) is 4.31 Å². The minimum Gasteiger partial charge on any atom is -0.459 e. The molecule has 0 bridgehead atoms. The SMILES string of the molecule is CCN(CC)S(=O)(=O)c1ccc(NC(=O)c2occc2CSc2ccccc2)cc1. The molecule has 1 N–H and O–H groups in total. The Morgan fingerprint density at radius 2 is 1.67 bits per heavy atom. The number of anilines is 1. The van der Waals surface area contributed by atoms with Gasteiger partial charge >= 0.3 is 0 Å². The molecule has 8 heteroatoms. The Labute approximate surface area is 181 Å². The summed E-state index contributed by atoms with van der Waals surface area (Å²) in [5.41, 5.74) is 1.29. The van der Waals surface area contributed by atoms with E-state index >= 15 is 0 Å². The van der Waals surface area contributed by atoms with E-state index in [1.807, 2.05) is 30.3 Å². The van der Waals surface area contributed by atoms with Crippen molar-refractivity contribution in [3.05, 3.63) is 78.3 Å². The Balaban J connectivity index is 1.68. The Kier molecular flexibility index (Phi) is 7.36. The highest BCUT2D eigenvalue weighted by Crippen LogP contribution is 2.25. The number of benzene rings is 2. The predicted octanol–water partition coefficient (Wildman–Crippen LogP) is 4.85. The first kappa shape index (κ1) is 22.1. The van der Waals surface area contributed by atoms with E-state index in [4.69, 9.17) is 4.42 Å². The Morgan fingerprint density at radius 1 is 1.00 bits per heavy atom. The van der Waals surface area contributed by atoms with E-state index in [1.54, 1.807) is 43.8 Å². The van der Waals surface area contributed by atoms with Gasteiger partial charge in [0.25, 0.3) is 5.91 Å². The van der Waals surface area contributed by atoms with Crippen molar-refractivity contribution in [2.75, 3.05) is 18.4 Å². The van der Waals surface area contributed by atoms with Crippen molar-refractivity contribution in [3.8, 4) is 0 Å². The van der Waals surface area contributed by atoms with E-state index in [-0.39, 0.29) is 16.6 Å². The summed E-state index contributed by atoms with van der Waals surface area (Å²) in [6.07, 6.45) is 1.50. The topological polar surface area (TPSA) is 79.6 Å². The number of sulfonamides is 1. The molecule has 0 radical (unpaired) electrons. The maximum atomic E-state index is 12.6. The highest BCUT2D eigenvalue weighted by atomic mass is 32.2. The Hall–Kier alpha value is -2.55. The van der Waals surface area contributed by atoms with Gasteiger partial charge in [-0.3, -0.25) is 4.79 Å². The highest BCUT2D eigenvalue weighted by molar-refractivity contribution is 7.98. The summed E-state index contributed by atoms with van der Waals surface area (Å²) in [5, 5.41) is 2.77. The van der Waals surface area contributed by atoms with Crippen LogP contribution in [0.15, 0.2) is 81.1 Å². The summed E-state index contributed by atoms with van der Waals surface area (Å²) in [6, 6.07) is 17.9. The standard InChI is InChI=1S/C22H24N2O4S2/c1-3-24(4-2)30(26,27)20-12-10-18(11-13-20)23-22(25)21-17(14-15-28-21)16-29-19-8-6-5-7-9-19/h5-15H,3-4,16H2,1-2H3,(H,23,25). The lowest BCUT2D eigenvalue weighted by molar-refractivity contribution is 0.0995. The van der Waals surface area contributed by atoms with E-state index in [2.05, 4.69) is 5.32 Å². The van der Waals surface area contributed by atoms with E-state index in [9.17, 15) is 13.2 Å². The van der Waals surface area contributed by atoms with Crippen LogP contribution in [0.2, 0.25) is 0 Å². The van der Waals surface area contributed by atoms with E-state index < -0.39 is 10.0 Å². The maximum absolute atomic E-state index is 12.6. The smallest absolute Gasteiger partial charge is 0.291 e. The number of thioether (sulfide) groups is 1. The molecule has 0 unspecified atom stereocenters. The normalized spacial score (nSPS) is 11.6. The number of furan rings is 1. The molecule has 3 rings (SSSR count). The summed E-state index contributed by atoms with van der Waals surface area (Å²) in [4.78, 5) is 14.0. The first-order valence-corrected chi connectivity index (χ1v) is 12.0. The molecule has 1 amide bonds. The molecule has 0 aliphatic carbocycles. The number of nitrogens with one attached hydrogen (secondary N) is 1. The van der Waals surface area contributed by atoms with Gasteiger partial charge in [0.2, 0.25) is 10.0 Å². The fourth-order valence-corrected chi connectivity index (χ4v) is 5.29. The van der Waals surface area contributed by atoms with Gasteiger partial charge in [0.1, 0.15) is 0 Å². The first-order valence-electron chi connectivity index (χ1n) is 9.61. The average Bonchev–Trinajstić information content (AvgIpc) is 3.23. The van der Waals surface area contributed by atoms with Gasteiger partial charge in [0.15, 0.2) is 5.76 Å². The molecule has 0 aliphatic rings. The van der Waals surface area contributed by atoms with Crippen LogP contribution >= 0.6 is 11.8 Å². The molecular weight excluding hydrogens is 420 g/mol. The molecule has 0 spiro atoms. The molecule has 0 fully saturated rings. The number of hydrogen-bond acceptors (Lipinski definition) is 5. The second-order valence-corrected chi connectivity index (χ2v) is 9.43. The van der Waals surface area contributed by atoms with Gasteiger partial charge in [-0.1, -0.05) is 32.0 Å². The van der Waals surface area contributed by atoms with E-state index in [0.29, 0.717) is 24.5 Å². The second kappa shape index (κ2) is 9.97. The predicted molar refractivity (Wildman–Crippen MR) is 119 cm³/mol. The van der Waals surface area contributed by atoms with E-state index in [1.165, 1.54) is 22.7 Å². The molecule has 3 aromatic rings. The van der Waals surface area contributed by atoms with Crippen LogP contribution in [0.4, 0.5) is 5.69 Å². The summed E-state index contributed by atoms with van der Waals surface area (Å²) < 4.78 is 31.9. The lowest BCUT2D eigenvalue weighted by atomic mass is 10.2. The van der Waals surface area contributed by atoms with Crippen LogP contribution in [-0.2, 0) is 15.8 Å². The van der Waals surface area contributed by atoms with Crippen LogP contribution in [0.25, 0.3) is 0 Å². The second-order valence-electron chi connectivity index (χ2n) is 6.44. The van der Waals surface area contributed by atoms with Gasteiger partial charge in [-0.05, 0) is 42.5 Å². The third-order valence-electron chi connectivity index (χ3n) is 4.55. The van der Waals surface area contributed by atoms with Crippen LogP contribution in [-0.4, -0.2) is 31.7 Å². The van der Waals surface area contributed by atoms with Gasteiger partial charge in [-0.15, -0.1) is 11.8 Å². The van der Waals surface area contributed by atoms with Crippen molar-refractivity contribution in [1.29, 1.82) is 0 Å². The van der Waals surface area contributed by atoms with Crippen molar-refractivity contribution in [3.63, 3.8) is 0 Å². The summed E-state index contributed by atoms with van der Waals surface area (Å²) >= 11 is 1.62. The molecular formula is C22H24N2O4S2. The van der Waals surface area contributed by atoms with E-state index in [0.717, 1.165) is 10.5 Å². The summed E-state index contributed by atoms with van der Waals surface area (Å²) in [5.74, 6) is 0.478. The molecule has 0 saturated heterocycles. The Bertz CT molecular complexity index is 1070. The molecule has 2 aromatic carbocycles. The molecule has 6 nitrogen and oxygen atoms in total. The lowest BCUT2D eigenvalue weighted by Crippen LogP contribution is -2.30. The zero-order valence-corrected chi connectivity index (χ0v) is 18.5. The first-order chi connectivity index (χ1) is 14.5. The summed E-state index contributed by atoms with van der Waals surface area (Å²) in [6.45, 7) is 4.40. The Morgan fingerprint density at radius 3 is 2.30 bits per heavy atom. The van der Waals surface area contributed by atoms with Crippen LogP contribution in [0, 0.1) is 0 Å². The van der Waals surface area contributed by atoms with Crippen molar-refractivity contribution < 1.29 is 17.6 Å². The molecule has 0 aliphatic heterocycles. The van der Waals surface area contributed by atoms with Crippen molar-refractivity contribution >= 4 is 33.4 Å². The molecule has 158 valence electrons. The molecule has 0 atom stereocenters. The number of rotatable bonds is 9. The monoisotopic (exact) mass is 444 g/mol. The molecule has 0 saturated carbocycles. The lowest BCUT2D eigenvalue weighted by Gasteiger charge is -2.18. The van der Waals surface area contributed by atoms with Crippen LogP contribution in [0.5, 0.6) is 0 Å². The molecule has 1 aromatic heterocycles. The number of carbonyl (C=O) groups excluding carboxylic acids is 1. The number of amides is 1. The third kappa shape index (κ3) is 5.13. The number of carbonyl (C=O) groups is 1. The largest absolute Gasteiger partial charge is 0.459 e.